The van der Waals surface area contributed by atoms with Crippen LogP contribution in [-0.2, 0) is 11.2 Å². The number of thioether (sulfide) groups is 1. The van der Waals surface area contributed by atoms with E-state index in [4.69, 9.17) is 0 Å². The topological polar surface area (TPSA) is 37.4 Å². The molecule has 122 valence electrons. The SMILES string of the molecule is CCc1ccc(/C=C2\SC(=O)N(c3cc(C)ccc3C)C2=O)cc1. The number of imide groups is 1. The van der Waals surface area contributed by atoms with Crippen molar-refractivity contribution in [3.05, 3.63) is 69.6 Å². The van der Waals surface area contributed by atoms with Crippen LogP contribution in [0.15, 0.2) is 47.4 Å². The molecular weight excluding hydrogens is 318 g/mol. The molecular formula is C20H19NO2S. The second-order valence-electron chi connectivity index (χ2n) is 5.90. The van der Waals surface area contributed by atoms with Gasteiger partial charge in [-0.2, -0.15) is 0 Å². The van der Waals surface area contributed by atoms with E-state index < -0.39 is 0 Å². The number of anilines is 1. The number of nitrogens with zero attached hydrogens (tertiary/aromatic N) is 1. The van der Waals surface area contributed by atoms with Gasteiger partial charge in [-0.3, -0.25) is 9.59 Å². The fraction of sp³-hybridized carbons (Fsp3) is 0.200. The molecule has 4 heteroatoms. The summed E-state index contributed by atoms with van der Waals surface area (Å²) in [6, 6.07) is 13.8. The van der Waals surface area contributed by atoms with E-state index in [-0.39, 0.29) is 11.1 Å². The Morgan fingerprint density at radius 1 is 1.04 bits per heavy atom. The molecule has 0 aromatic heterocycles. The van der Waals surface area contributed by atoms with Gasteiger partial charge in [0.1, 0.15) is 0 Å². The molecule has 0 bridgehead atoms. The lowest BCUT2D eigenvalue weighted by molar-refractivity contribution is -0.113. The van der Waals surface area contributed by atoms with Gasteiger partial charge in [0, 0.05) is 0 Å². The molecule has 1 aliphatic rings. The van der Waals surface area contributed by atoms with Crippen LogP contribution in [0.2, 0.25) is 0 Å². The minimum atomic E-state index is -0.252. The van der Waals surface area contributed by atoms with Gasteiger partial charge in [-0.05, 0) is 66.4 Å². The van der Waals surface area contributed by atoms with Crippen molar-refractivity contribution in [1.82, 2.24) is 0 Å². The summed E-state index contributed by atoms with van der Waals surface area (Å²) in [6.07, 6.45) is 2.76. The standard InChI is InChI=1S/C20H19NO2S/c1-4-15-7-9-16(10-8-15)12-18-19(22)21(20(23)24-18)17-11-13(2)5-6-14(17)3/h5-12H,4H2,1-3H3/b18-12-. The van der Waals surface area contributed by atoms with E-state index in [1.54, 1.807) is 6.08 Å². The first-order chi connectivity index (χ1) is 11.5. The van der Waals surface area contributed by atoms with Crippen molar-refractivity contribution in [1.29, 1.82) is 0 Å². The smallest absolute Gasteiger partial charge is 0.268 e. The van der Waals surface area contributed by atoms with Crippen LogP contribution in [0.1, 0.15) is 29.2 Å². The number of benzene rings is 2. The van der Waals surface area contributed by atoms with Gasteiger partial charge in [0.15, 0.2) is 0 Å². The summed E-state index contributed by atoms with van der Waals surface area (Å²) in [5, 5.41) is -0.245. The fourth-order valence-electron chi connectivity index (χ4n) is 2.64. The highest BCUT2D eigenvalue weighted by Crippen LogP contribution is 2.37. The van der Waals surface area contributed by atoms with Gasteiger partial charge in [-0.25, -0.2) is 4.90 Å². The largest absolute Gasteiger partial charge is 0.298 e. The number of amides is 2. The second-order valence-corrected chi connectivity index (χ2v) is 6.90. The van der Waals surface area contributed by atoms with Crippen LogP contribution in [0.5, 0.6) is 0 Å². The summed E-state index contributed by atoms with van der Waals surface area (Å²) in [5.74, 6) is -0.252. The van der Waals surface area contributed by atoms with Crippen molar-refractivity contribution in [3.8, 4) is 0 Å². The molecule has 1 heterocycles. The van der Waals surface area contributed by atoms with Crippen LogP contribution in [0.4, 0.5) is 10.5 Å². The van der Waals surface area contributed by atoms with E-state index >= 15 is 0 Å². The quantitative estimate of drug-likeness (QED) is 0.731. The number of carbonyl (C=O) groups excluding carboxylic acids is 2. The Labute approximate surface area is 146 Å². The van der Waals surface area contributed by atoms with Crippen LogP contribution >= 0.6 is 11.8 Å². The maximum Gasteiger partial charge on any atom is 0.298 e. The number of aryl methyl sites for hydroxylation is 3. The molecule has 3 rings (SSSR count). The predicted octanol–water partition coefficient (Wildman–Crippen LogP) is 5.11. The minimum absolute atomic E-state index is 0.245. The Hall–Kier alpha value is -2.33. The van der Waals surface area contributed by atoms with Crippen LogP contribution in [0, 0.1) is 13.8 Å². The van der Waals surface area contributed by atoms with E-state index in [1.165, 1.54) is 10.5 Å². The lowest BCUT2D eigenvalue weighted by Gasteiger charge is -2.16. The lowest BCUT2D eigenvalue weighted by atomic mass is 10.1. The number of hydrogen-bond acceptors (Lipinski definition) is 3. The van der Waals surface area contributed by atoms with Crippen molar-refractivity contribution in [2.24, 2.45) is 0 Å². The first kappa shape index (κ1) is 16.5. The molecule has 2 amide bonds. The zero-order valence-corrected chi connectivity index (χ0v) is 14.8. The third kappa shape index (κ3) is 3.15. The average molecular weight is 337 g/mol. The summed E-state index contributed by atoms with van der Waals surface area (Å²) >= 11 is 0.995. The predicted molar refractivity (Wildman–Crippen MR) is 100 cm³/mol. The van der Waals surface area contributed by atoms with Crippen molar-refractivity contribution >= 4 is 34.7 Å². The Morgan fingerprint density at radius 3 is 2.42 bits per heavy atom. The molecule has 0 aliphatic carbocycles. The summed E-state index contributed by atoms with van der Waals surface area (Å²) in [5.41, 5.74) is 4.78. The molecule has 3 nitrogen and oxygen atoms in total. The van der Waals surface area contributed by atoms with E-state index in [9.17, 15) is 9.59 Å². The lowest BCUT2D eigenvalue weighted by Crippen LogP contribution is -2.28. The third-order valence-corrected chi connectivity index (χ3v) is 4.95. The van der Waals surface area contributed by atoms with Crippen LogP contribution in [0.25, 0.3) is 6.08 Å². The second kappa shape index (κ2) is 6.65. The Morgan fingerprint density at radius 2 is 1.75 bits per heavy atom. The summed E-state index contributed by atoms with van der Waals surface area (Å²) in [4.78, 5) is 26.8. The number of carbonyl (C=O) groups is 2. The summed E-state index contributed by atoms with van der Waals surface area (Å²) in [7, 11) is 0. The van der Waals surface area contributed by atoms with Crippen molar-refractivity contribution < 1.29 is 9.59 Å². The average Bonchev–Trinajstić information content (AvgIpc) is 2.84. The first-order valence-electron chi connectivity index (χ1n) is 7.93. The highest BCUT2D eigenvalue weighted by molar-refractivity contribution is 8.19. The zero-order chi connectivity index (χ0) is 17.3. The molecule has 2 aromatic rings. The molecule has 1 aliphatic heterocycles. The molecule has 0 spiro atoms. The van der Waals surface area contributed by atoms with Crippen LogP contribution < -0.4 is 4.90 Å². The molecule has 1 saturated heterocycles. The van der Waals surface area contributed by atoms with Gasteiger partial charge < -0.3 is 0 Å². The first-order valence-corrected chi connectivity index (χ1v) is 8.75. The van der Waals surface area contributed by atoms with Gasteiger partial charge in [0.25, 0.3) is 11.1 Å². The van der Waals surface area contributed by atoms with E-state index in [0.717, 1.165) is 34.9 Å². The maximum absolute atomic E-state index is 12.7. The molecule has 0 N–H and O–H groups in total. The molecule has 0 saturated carbocycles. The van der Waals surface area contributed by atoms with Crippen molar-refractivity contribution in [2.45, 2.75) is 27.2 Å². The summed E-state index contributed by atoms with van der Waals surface area (Å²) < 4.78 is 0. The number of hydrogen-bond donors (Lipinski definition) is 0. The van der Waals surface area contributed by atoms with E-state index in [2.05, 4.69) is 6.92 Å². The zero-order valence-electron chi connectivity index (χ0n) is 14.0. The van der Waals surface area contributed by atoms with Crippen molar-refractivity contribution in [3.63, 3.8) is 0 Å². The molecule has 0 atom stereocenters. The highest BCUT2D eigenvalue weighted by Gasteiger charge is 2.36. The minimum Gasteiger partial charge on any atom is -0.268 e. The highest BCUT2D eigenvalue weighted by atomic mass is 32.2. The van der Waals surface area contributed by atoms with Gasteiger partial charge in [0.05, 0.1) is 10.6 Å². The monoisotopic (exact) mass is 337 g/mol. The van der Waals surface area contributed by atoms with E-state index in [1.807, 2.05) is 56.3 Å². The van der Waals surface area contributed by atoms with Crippen LogP contribution in [-0.4, -0.2) is 11.1 Å². The molecule has 2 aromatic carbocycles. The Kier molecular flexibility index (Phi) is 4.58. The molecule has 1 fully saturated rings. The number of rotatable bonds is 3. The van der Waals surface area contributed by atoms with E-state index in [0.29, 0.717) is 10.6 Å². The summed E-state index contributed by atoms with van der Waals surface area (Å²) in [6.45, 7) is 5.96. The van der Waals surface area contributed by atoms with Gasteiger partial charge in [-0.15, -0.1) is 0 Å². The maximum atomic E-state index is 12.7. The Bertz CT molecular complexity index is 837. The van der Waals surface area contributed by atoms with Crippen molar-refractivity contribution in [2.75, 3.05) is 4.90 Å². The van der Waals surface area contributed by atoms with Gasteiger partial charge in [0.2, 0.25) is 0 Å². The molecule has 0 unspecified atom stereocenters. The molecule has 0 radical (unpaired) electrons. The fourth-order valence-corrected chi connectivity index (χ4v) is 3.47. The normalized spacial score (nSPS) is 16.3. The van der Waals surface area contributed by atoms with Crippen LogP contribution in [0.3, 0.4) is 0 Å². The van der Waals surface area contributed by atoms with Gasteiger partial charge >= 0.3 is 0 Å². The Balaban J connectivity index is 1.93. The molecule has 24 heavy (non-hydrogen) atoms. The third-order valence-electron chi connectivity index (χ3n) is 4.08. The van der Waals surface area contributed by atoms with Gasteiger partial charge in [-0.1, -0.05) is 43.3 Å².